The van der Waals surface area contributed by atoms with Crippen LogP contribution in [0.15, 0.2) is 6.07 Å². The molecule has 0 saturated heterocycles. The van der Waals surface area contributed by atoms with Crippen molar-refractivity contribution >= 4 is 36.7 Å². The lowest BCUT2D eigenvalue weighted by molar-refractivity contribution is 0.121. The molecule has 0 aliphatic rings. The molecule has 0 aromatic heterocycles. The van der Waals surface area contributed by atoms with Gasteiger partial charge in [-0.1, -0.05) is 69.2 Å². The van der Waals surface area contributed by atoms with Crippen LogP contribution in [-0.4, -0.2) is 37.8 Å². The Bertz CT molecular complexity index is 923. The van der Waals surface area contributed by atoms with Crippen LogP contribution in [0.2, 0.25) is 54.4 Å². The fraction of sp³-hybridized carbons (Fsp3) is 0.800. The molecule has 1 aromatic rings. The van der Waals surface area contributed by atoms with Crippen molar-refractivity contribution in [1.29, 1.82) is 0 Å². The van der Waals surface area contributed by atoms with E-state index in [0.717, 1.165) is 41.6 Å². The van der Waals surface area contributed by atoms with Gasteiger partial charge in [-0.25, -0.2) is 0 Å². The van der Waals surface area contributed by atoms with E-state index in [0.29, 0.717) is 6.61 Å². The average molecular weight is 601 g/mol. The smallest absolute Gasteiger partial charge is 0.250 e. The van der Waals surface area contributed by atoms with Crippen LogP contribution in [0.4, 0.5) is 0 Å². The zero-order chi connectivity index (χ0) is 30.0. The van der Waals surface area contributed by atoms with E-state index in [9.17, 15) is 0 Å². The number of hydrogen-bond donors (Lipinski definition) is 0. The van der Waals surface area contributed by atoms with E-state index in [-0.39, 0.29) is 15.1 Å². The molecule has 222 valence electrons. The topological polar surface area (TPSA) is 36.9 Å². The van der Waals surface area contributed by atoms with Crippen molar-refractivity contribution in [1.82, 2.24) is 0 Å². The fourth-order valence-corrected chi connectivity index (χ4v) is 6.64. The van der Waals surface area contributed by atoms with Crippen LogP contribution >= 0.6 is 11.8 Å². The van der Waals surface area contributed by atoms with Crippen molar-refractivity contribution in [3.63, 3.8) is 0 Å². The highest BCUT2D eigenvalue weighted by Gasteiger charge is 2.45. The summed E-state index contributed by atoms with van der Waals surface area (Å²) in [4.78, 5) is 0. The van der Waals surface area contributed by atoms with Crippen molar-refractivity contribution in [3.05, 3.63) is 17.2 Å². The largest absolute Gasteiger partial charge is 0.541 e. The number of ether oxygens (including phenoxy) is 1. The van der Waals surface area contributed by atoms with Gasteiger partial charge in [-0.3, -0.25) is 0 Å². The quantitative estimate of drug-likeness (QED) is 0.176. The molecule has 0 aliphatic heterocycles. The first kappa shape index (κ1) is 35.6. The molecule has 38 heavy (non-hydrogen) atoms. The standard InChI is InChI=1S/C30H60O4SSi3/c1-18-19-31-21-23-20-25(32-36(12,13)28(2,3)4)27(34-38(16,17)30(8,9)10)26(24(23)22-35-11)33-37(14,15)29(5,6)7/h20H,18-19,21-22H2,1-17H3. The highest BCUT2D eigenvalue weighted by Crippen LogP contribution is 2.52. The van der Waals surface area contributed by atoms with E-state index in [1.54, 1.807) is 0 Å². The number of hydrogen-bond acceptors (Lipinski definition) is 5. The minimum Gasteiger partial charge on any atom is -0.541 e. The van der Waals surface area contributed by atoms with Crippen molar-refractivity contribution in [2.75, 3.05) is 12.9 Å². The van der Waals surface area contributed by atoms with E-state index in [2.05, 4.69) is 121 Å². The highest BCUT2D eigenvalue weighted by molar-refractivity contribution is 7.97. The number of rotatable bonds is 12. The van der Waals surface area contributed by atoms with Gasteiger partial charge in [-0.05, 0) is 78.7 Å². The zero-order valence-corrected chi connectivity index (χ0v) is 31.8. The first-order chi connectivity index (χ1) is 16.9. The first-order valence-corrected chi connectivity index (χ1v) is 24.4. The van der Waals surface area contributed by atoms with E-state index in [4.69, 9.17) is 18.0 Å². The molecule has 4 nitrogen and oxygen atoms in total. The van der Waals surface area contributed by atoms with Crippen LogP contribution in [0.1, 0.15) is 86.8 Å². The molecule has 0 spiro atoms. The molecule has 0 unspecified atom stereocenters. The third-order valence-electron chi connectivity index (χ3n) is 8.79. The molecule has 0 atom stereocenters. The minimum absolute atomic E-state index is 0.0397. The molecule has 1 rings (SSSR count). The summed E-state index contributed by atoms with van der Waals surface area (Å²) < 4.78 is 27.6. The summed E-state index contributed by atoms with van der Waals surface area (Å²) in [5.41, 5.74) is 2.34. The summed E-state index contributed by atoms with van der Waals surface area (Å²) in [6, 6.07) is 2.21. The zero-order valence-electron chi connectivity index (χ0n) is 27.9. The third kappa shape index (κ3) is 8.79. The second-order valence-corrected chi connectivity index (χ2v) is 30.3. The van der Waals surface area contributed by atoms with Crippen LogP contribution < -0.4 is 13.3 Å². The molecule has 0 heterocycles. The SMILES string of the molecule is CCCOCc1cc(O[Si](C)(C)C(C)(C)C)c(O[Si](C)(C)C(C)(C)C)c(O[Si](C)(C)C(C)(C)C)c1CSC. The molecule has 0 bridgehead atoms. The Hall–Kier alpha value is -0.419. The van der Waals surface area contributed by atoms with Gasteiger partial charge in [0.1, 0.15) is 5.75 Å². The molecule has 0 fully saturated rings. The summed E-state index contributed by atoms with van der Waals surface area (Å²) in [7, 11) is -6.58. The average Bonchev–Trinajstić information content (AvgIpc) is 2.70. The first-order valence-electron chi connectivity index (χ1n) is 14.2. The van der Waals surface area contributed by atoms with Gasteiger partial charge in [0.2, 0.25) is 0 Å². The van der Waals surface area contributed by atoms with Crippen molar-refractivity contribution in [3.8, 4) is 17.2 Å². The molecule has 0 aliphatic carbocycles. The number of thioether (sulfide) groups is 1. The summed E-state index contributed by atoms with van der Waals surface area (Å²) in [6.07, 6.45) is 3.15. The monoisotopic (exact) mass is 600 g/mol. The van der Waals surface area contributed by atoms with Gasteiger partial charge in [0.15, 0.2) is 11.5 Å². The summed E-state index contributed by atoms with van der Waals surface area (Å²) in [6.45, 7) is 37.9. The van der Waals surface area contributed by atoms with E-state index >= 15 is 0 Å². The Balaban J connectivity index is 4.13. The molecular formula is C30H60O4SSi3. The number of benzene rings is 1. The van der Waals surface area contributed by atoms with Crippen molar-refractivity contribution in [2.45, 2.75) is 142 Å². The van der Waals surface area contributed by atoms with Crippen LogP contribution in [0.3, 0.4) is 0 Å². The third-order valence-corrected chi connectivity index (χ3v) is 22.4. The molecule has 0 amide bonds. The molecule has 0 N–H and O–H groups in total. The molecule has 0 radical (unpaired) electrons. The lowest BCUT2D eigenvalue weighted by Crippen LogP contribution is -2.47. The molecule has 8 heteroatoms. The maximum Gasteiger partial charge on any atom is 0.250 e. The second kappa shape index (κ2) is 12.6. The fourth-order valence-electron chi connectivity index (χ4n) is 2.99. The Morgan fingerprint density at radius 3 is 1.50 bits per heavy atom. The summed E-state index contributed by atoms with van der Waals surface area (Å²) in [5.74, 6) is 3.37. The lowest BCUT2D eigenvalue weighted by Gasteiger charge is -2.42. The van der Waals surface area contributed by atoms with Crippen LogP contribution in [0.5, 0.6) is 17.2 Å². The Morgan fingerprint density at radius 2 is 1.11 bits per heavy atom. The van der Waals surface area contributed by atoms with E-state index in [1.165, 1.54) is 5.56 Å². The predicted molar refractivity (Wildman–Crippen MR) is 177 cm³/mol. The Kier molecular flexibility index (Phi) is 11.8. The lowest BCUT2D eigenvalue weighted by atomic mass is 10.1. The van der Waals surface area contributed by atoms with Crippen LogP contribution in [0, 0.1) is 0 Å². The Labute approximate surface area is 243 Å². The normalized spacial score (nSPS) is 14.0. The minimum atomic E-state index is -2.21. The molecular weight excluding hydrogens is 541 g/mol. The van der Waals surface area contributed by atoms with Gasteiger partial charge >= 0.3 is 0 Å². The van der Waals surface area contributed by atoms with Gasteiger partial charge in [-0.2, -0.15) is 11.8 Å². The van der Waals surface area contributed by atoms with Crippen molar-refractivity contribution in [2.24, 2.45) is 0 Å². The van der Waals surface area contributed by atoms with E-state index in [1.807, 2.05) is 11.8 Å². The molecule has 0 saturated carbocycles. The predicted octanol–water partition coefficient (Wildman–Crippen LogP) is 10.6. The van der Waals surface area contributed by atoms with Crippen LogP contribution in [-0.2, 0) is 17.1 Å². The van der Waals surface area contributed by atoms with Crippen molar-refractivity contribution < 1.29 is 18.0 Å². The summed E-state index contributed by atoms with van der Waals surface area (Å²) >= 11 is 1.81. The maximum absolute atomic E-state index is 7.23. The maximum atomic E-state index is 7.23. The summed E-state index contributed by atoms with van der Waals surface area (Å²) in [5, 5.41) is 0.142. The van der Waals surface area contributed by atoms with Gasteiger partial charge in [0.25, 0.3) is 25.0 Å². The van der Waals surface area contributed by atoms with Crippen LogP contribution in [0.25, 0.3) is 0 Å². The Morgan fingerprint density at radius 1 is 0.684 bits per heavy atom. The highest BCUT2D eigenvalue weighted by atomic mass is 32.2. The molecule has 1 aromatic carbocycles. The van der Waals surface area contributed by atoms with Gasteiger partial charge < -0.3 is 18.0 Å². The van der Waals surface area contributed by atoms with Gasteiger partial charge in [0.05, 0.1) is 6.61 Å². The second-order valence-electron chi connectivity index (χ2n) is 15.2. The van der Waals surface area contributed by atoms with Gasteiger partial charge in [-0.15, -0.1) is 0 Å². The van der Waals surface area contributed by atoms with E-state index < -0.39 is 25.0 Å². The van der Waals surface area contributed by atoms with Gasteiger partial charge in [0, 0.05) is 17.9 Å².